The zero-order valence-corrected chi connectivity index (χ0v) is 11.4. The van der Waals surface area contributed by atoms with Crippen molar-refractivity contribution in [2.45, 2.75) is 25.7 Å². The molecule has 2 N–H and O–H groups in total. The molecule has 19 heavy (non-hydrogen) atoms. The summed E-state index contributed by atoms with van der Waals surface area (Å²) in [6.07, 6.45) is 2.92. The lowest BCUT2D eigenvalue weighted by Crippen LogP contribution is -2.44. The van der Waals surface area contributed by atoms with Crippen LogP contribution in [0.4, 0.5) is 0 Å². The van der Waals surface area contributed by atoms with Crippen molar-refractivity contribution < 1.29 is 24.5 Å². The van der Waals surface area contributed by atoms with Gasteiger partial charge in [0, 0.05) is 20.2 Å². The van der Waals surface area contributed by atoms with E-state index in [1.54, 1.807) is 7.11 Å². The Balaban J connectivity index is 2.71. The summed E-state index contributed by atoms with van der Waals surface area (Å²) in [7, 11) is 1.54. The van der Waals surface area contributed by atoms with Crippen molar-refractivity contribution in [3.63, 3.8) is 0 Å². The highest BCUT2D eigenvalue weighted by atomic mass is 16.5. The third kappa shape index (κ3) is 4.47. The molecule has 0 aromatic carbocycles. The Morgan fingerprint density at radius 1 is 1.21 bits per heavy atom. The van der Waals surface area contributed by atoms with E-state index in [1.807, 2.05) is 0 Å². The van der Waals surface area contributed by atoms with Gasteiger partial charge in [0.1, 0.15) is 0 Å². The lowest BCUT2D eigenvalue weighted by Gasteiger charge is -2.32. The fourth-order valence-electron chi connectivity index (χ4n) is 2.61. The fraction of sp³-hybridized carbons (Fsp3) is 0.846. The minimum atomic E-state index is -0.895. The average molecular weight is 273 g/mol. The van der Waals surface area contributed by atoms with E-state index in [-0.39, 0.29) is 19.1 Å². The molecule has 0 aromatic heterocycles. The number of aliphatic carboxylic acids is 1. The van der Waals surface area contributed by atoms with Crippen molar-refractivity contribution in [1.29, 1.82) is 0 Å². The molecule has 0 aromatic rings. The Hall–Kier alpha value is -1.14. The Morgan fingerprint density at radius 3 is 2.37 bits per heavy atom. The molecular formula is C13H23NO5. The Morgan fingerprint density at radius 2 is 1.84 bits per heavy atom. The number of carboxylic acid groups (broad SMARTS) is 1. The SMILES string of the molecule is COCCN(CCO)C(=O)C1CCCCC1C(=O)O. The predicted molar refractivity (Wildman–Crippen MR) is 68.6 cm³/mol. The lowest BCUT2D eigenvalue weighted by atomic mass is 9.78. The zero-order valence-electron chi connectivity index (χ0n) is 11.4. The van der Waals surface area contributed by atoms with Crippen molar-refractivity contribution in [2.75, 3.05) is 33.4 Å². The van der Waals surface area contributed by atoms with Crippen LogP contribution in [0.15, 0.2) is 0 Å². The number of methoxy groups -OCH3 is 1. The van der Waals surface area contributed by atoms with Gasteiger partial charge in [0.05, 0.1) is 25.0 Å². The first-order valence-electron chi connectivity index (χ1n) is 6.73. The van der Waals surface area contributed by atoms with Crippen LogP contribution in [0.2, 0.25) is 0 Å². The van der Waals surface area contributed by atoms with E-state index in [1.165, 1.54) is 4.90 Å². The first-order chi connectivity index (χ1) is 9.11. The van der Waals surface area contributed by atoms with Crippen LogP contribution in [0.5, 0.6) is 0 Å². The van der Waals surface area contributed by atoms with Crippen LogP contribution >= 0.6 is 0 Å². The van der Waals surface area contributed by atoms with Gasteiger partial charge in [0.15, 0.2) is 0 Å². The minimum absolute atomic E-state index is 0.125. The molecule has 1 rings (SSSR count). The Labute approximate surface area is 113 Å². The summed E-state index contributed by atoms with van der Waals surface area (Å²) in [4.78, 5) is 25.1. The number of aliphatic hydroxyl groups is 1. The normalized spacial score (nSPS) is 23.1. The number of nitrogens with zero attached hydrogens (tertiary/aromatic N) is 1. The van der Waals surface area contributed by atoms with Gasteiger partial charge < -0.3 is 19.8 Å². The summed E-state index contributed by atoms with van der Waals surface area (Å²) in [5.41, 5.74) is 0. The van der Waals surface area contributed by atoms with Gasteiger partial charge in [-0.05, 0) is 12.8 Å². The van der Waals surface area contributed by atoms with Crippen LogP contribution in [0.25, 0.3) is 0 Å². The number of carboxylic acids is 1. The van der Waals surface area contributed by atoms with Crippen LogP contribution in [0, 0.1) is 11.8 Å². The van der Waals surface area contributed by atoms with E-state index in [9.17, 15) is 14.7 Å². The fourth-order valence-corrected chi connectivity index (χ4v) is 2.61. The van der Waals surface area contributed by atoms with Gasteiger partial charge >= 0.3 is 5.97 Å². The summed E-state index contributed by atoms with van der Waals surface area (Å²) < 4.78 is 4.94. The van der Waals surface area contributed by atoms with E-state index in [0.717, 1.165) is 12.8 Å². The molecule has 0 aliphatic heterocycles. The molecule has 2 unspecified atom stereocenters. The van der Waals surface area contributed by atoms with Crippen molar-refractivity contribution in [3.05, 3.63) is 0 Å². The molecule has 0 radical (unpaired) electrons. The Kier molecular flexibility index (Phi) is 6.80. The van der Waals surface area contributed by atoms with Crippen LogP contribution in [-0.4, -0.2) is 60.4 Å². The first-order valence-corrected chi connectivity index (χ1v) is 6.73. The maximum absolute atomic E-state index is 12.4. The zero-order chi connectivity index (χ0) is 14.3. The third-order valence-electron chi connectivity index (χ3n) is 3.65. The molecule has 110 valence electrons. The third-order valence-corrected chi connectivity index (χ3v) is 3.65. The van der Waals surface area contributed by atoms with Crippen molar-refractivity contribution >= 4 is 11.9 Å². The average Bonchev–Trinajstić information content (AvgIpc) is 2.42. The van der Waals surface area contributed by atoms with Crippen LogP contribution < -0.4 is 0 Å². The van der Waals surface area contributed by atoms with Gasteiger partial charge in [-0.1, -0.05) is 12.8 Å². The number of ether oxygens (including phenoxy) is 1. The van der Waals surface area contributed by atoms with Gasteiger partial charge in [0.25, 0.3) is 0 Å². The summed E-state index contributed by atoms with van der Waals surface area (Å²) in [6, 6.07) is 0. The number of amides is 1. The number of carbonyl (C=O) groups is 2. The maximum Gasteiger partial charge on any atom is 0.307 e. The second-order valence-corrected chi connectivity index (χ2v) is 4.88. The van der Waals surface area contributed by atoms with Gasteiger partial charge in [-0.15, -0.1) is 0 Å². The molecule has 2 atom stereocenters. The molecule has 1 saturated carbocycles. The molecule has 0 saturated heterocycles. The van der Waals surface area contributed by atoms with Gasteiger partial charge in [-0.2, -0.15) is 0 Å². The molecule has 6 heteroatoms. The van der Waals surface area contributed by atoms with Gasteiger partial charge in [-0.3, -0.25) is 9.59 Å². The molecule has 1 amide bonds. The first kappa shape index (κ1) is 15.9. The lowest BCUT2D eigenvalue weighted by molar-refractivity contribution is -0.152. The summed E-state index contributed by atoms with van der Waals surface area (Å²) in [6.45, 7) is 0.875. The summed E-state index contributed by atoms with van der Waals surface area (Å²) in [5, 5.41) is 18.2. The van der Waals surface area contributed by atoms with E-state index >= 15 is 0 Å². The number of hydrogen-bond donors (Lipinski definition) is 2. The summed E-state index contributed by atoms with van der Waals surface area (Å²) in [5.74, 6) is -2.12. The molecular weight excluding hydrogens is 250 g/mol. The second-order valence-electron chi connectivity index (χ2n) is 4.88. The predicted octanol–water partition coefficient (Wildman–Crippen LogP) is 0.345. The highest BCUT2D eigenvalue weighted by Gasteiger charge is 2.37. The monoisotopic (exact) mass is 273 g/mol. The summed E-state index contributed by atoms with van der Waals surface area (Å²) >= 11 is 0. The molecule has 6 nitrogen and oxygen atoms in total. The highest BCUT2D eigenvalue weighted by molar-refractivity contribution is 5.85. The molecule has 1 aliphatic carbocycles. The number of carbonyl (C=O) groups excluding carboxylic acids is 1. The van der Waals surface area contributed by atoms with Gasteiger partial charge in [-0.25, -0.2) is 0 Å². The number of aliphatic hydroxyl groups excluding tert-OH is 1. The largest absolute Gasteiger partial charge is 0.481 e. The topological polar surface area (TPSA) is 87.1 Å². The molecule has 1 fully saturated rings. The molecule has 1 aliphatic rings. The second kappa shape index (κ2) is 8.12. The molecule has 0 spiro atoms. The number of rotatable bonds is 7. The van der Waals surface area contributed by atoms with Crippen molar-refractivity contribution in [2.24, 2.45) is 11.8 Å². The number of hydrogen-bond acceptors (Lipinski definition) is 4. The Bertz CT molecular complexity index is 307. The molecule has 0 heterocycles. The minimum Gasteiger partial charge on any atom is -0.481 e. The standard InChI is InChI=1S/C13H23NO5/c1-19-9-7-14(6-8-15)12(16)10-4-2-3-5-11(10)13(17)18/h10-11,15H,2-9H2,1H3,(H,17,18). The van der Waals surface area contributed by atoms with Crippen LogP contribution in [0.3, 0.4) is 0 Å². The smallest absolute Gasteiger partial charge is 0.307 e. The van der Waals surface area contributed by atoms with E-state index < -0.39 is 17.8 Å². The quantitative estimate of drug-likeness (QED) is 0.698. The van der Waals surface area contributed by atoms with Crippen molar-refractivity contribution in [1.82, 2.24) is 4.90 Å². The van der Waals surface area contributed by atoms with Crippen LogP contribution in [-0.2, 0) is 14.3 Å². The maximum atomic E-state index is 12.4. The van der Waals surface area contributed by atoms with Crippen LogP contribution in [0.1, 0.15) is 25.7 Å². The highest BCUT2D eigenvalue weighted by Crippen LogP contribution is 2.31. The van der Waals surface area contributed by atoms with E-state index in [4.69, 9.17) is 9.84 Å². The van der Waals surface area contributed by atoms with Gasteiger partial charge in [0.2, 0.25) is 5.91 Å². The van der Waals surface area contributed by atoms with E-state index in [2.05, 4.69) is 0 Å². The van der Waals surface area contributed by atoms with Crippen molar-refractivity contribution in [3.8, 4) is 0 Å². The molecule has 0 bridgehead atoms. The van der Waals surface area contributed by atoms with E-state index in [0.29, 0.717) is 26.0 Å².